The van der Waals surface area contributed by atoms with Crippen molar-refractivity contribution in [2.45, 2.75) is 120 Å². The number of aldehydes is 3. The summed E-state index contributed by atoms with van der Waals surface area (Å²) in [5, 5.41) is 32.3. The summed E-state index contributed by atoms with van der Waals surface area (Å²) in [7, 11) is 7.18. The van der Waals surface area contributed by atoms with Gasteiger partial charge in [-0.1, -0.05) is 108 Å². The maximum absolute atomic E-state index is 14.4. The minimum Gasteiger partial charge on any atom is -0.495 e. The zero-order valence-corrected chi connectivity index (χ0v) is 58.7. The van der Waals surface area contributed by atoms with E-state index in [2.05, 4.69) is 83.6 Å². The summed E-state index contributed by atoms with van der Waals surface area (Å²) in [5.41, 5.74) is 7.30. The van der Waals surface area contributed by atoms with Gasteiger partial charge in [-0.3, -0.25) is 14.4 Å². The van der Waals surface area contributed by atoms with Crippen LogP contribution in [0.5, 0.6) is 5.75 Å². The maximum Gasteiger partial charge on any atom is 0.162 e. The van der Waals surface area contributed by atoms with Crippen molar-refractivity contribution in [3.63, 3.8) is 0 Å². The van der Waals surface area contributed by atoms with E-state index in [4.69, 9.17) is 56.7 Å². The predicted octanol–water partition coefficient (Wildman–Crippen LogP) is 13.9. The fourth-order valence-electron chi connectivity index (χ4n) is 9.02. The second-order valence-electron chi connectivity index (χ2n) is 21.1. The number of nitrogens with one attached hydrogen (secondary N) is 4. The maximum atomic E-state index is 14.4. The highest BCUT2D eigenvalue weighted by atomic mass is 35.5. The molecule has 4 aromatic carbocycles. The molecule has 0 saturated carbocycles. The molecule has 22 heteroatoms. The Hall–Kier alpha value is -6.35. The van der Waals surface area contributed by atoms with Gasteiger partial charge in [0.25, 0.3) is 0 Å². The van der Waals surface area contributed by atoms with Gasteiger partial charge in [0.1, 0.15) is 53.1 Å². The number of aliphatic imine (C=N–C) groups is 1. The summed E-state index contributed by atoms with van der Waals surface area (Å²) in [6.45, 7) is 32.8. The third-order valence-corrected chi connectivity index (χ3v) is 15.0. The van der Waals surface area contributed by atoms with Gasteiger partial charge < -0.3 is 54.5 Å². The van der Waals surface area contributed by atoms with Crippen LogP contribution in [0.3, 0.4) is 0 Å². The van der Waals surface area contributed by atoms with Crippen molar-refractivity contribution in [2.24, 2.45) is 16.3 Å². The third-order valence-electron chi connectivity index (χ3n) is 13.3. The van der Waals surface area contributed by atoms with Crippen LogP contribution in [0, 0.1) is 62.0 Å². The first-order valence-corrected chi connectivity index (χ1v) is 32.2. The molecule has 4 heterocycles. The predicted molar refractivity (Wildman–Crippen MR) is 368 cm³/mol. The summed E-state index contributed by atoms with van der Waals surface area (Å²) in [6, 6.07) is 25.8. The molecule has 0 amide bonds. The Morgan fingerprint density at radius 3 is 1.81 bits per heavy atom. The molecule has 4 N–H and O–H groups in total. The molecular weight excluding hydrogens is 1220 g/mol. The number of anilines is 1. The van der Waals surface area contributed by atoms with Crippen LogP contribution in [0.15, 0.2) is 89.9 Å². The van der Waals surface area contributed by atoms with Crippen molar-refractivity contribution in [1.29, 1.82) is 5.26 Å². The van der Waals surface area contributed by atoms with Gasteiger partial charge in [0.15, 0.2) is 5.82 Å². The van der Waals surface area contributed by atoms with Crippen LogP contribution < -0.4 is 26.0 Å². The minimum absolute atomic E-state index is 0.00195. The molecule has 5 atom stereocenters. The number of ether oxygens (including phenoxy) is 5. The van der Waals surface area contributed by atoms with Crippen LogP contribution in [0.1, 0.15) is 135 Å². The average Bonchev–Trinajstić information content (AvgIpc) is 1.62. The fraction of sp³-hybridized carbons (Fsp3) is 0.493. The number of rotatable bonds is 22. The van der Waals surface area contributed by atoms with Crippen LogP contribution >= 0.6 is 34.5 Å². The number of nitriles is 1. The van der Waals surface area contributed by atoms with Gasteiger partial charge in [0.2, 0.25) is 0 Å². The lowest BCUT2D eigenvalue weighted by molar-refractivity contribution is -0.109. The van der Waals surface area contributed by atoms with Crippen LogP contribution in [0.4, 0.5) is 14.5 Å². The number of halogens is 4. The lowest BCUT2D eigenvalue weighted by Gasteiger charge is -2.25. The first-order chi connectivity index (χ1) is 43.7. The zero-order chi connectivity index (χ0) is 68.5. The highest BCUT2D eigenvalue weighted by Gasteiger charge is 2.46. The first-order valence-electron chi connectivity index (χ1n) is 30.6. The van der Waals surface area contributed by atoms with Crippen LogP contribution in [0.2, 0.25) is 10.0 Å². The van der Waals surface area contributed by atoms with Gasteiger partial charge in [-0.2, -0.15) is 5.26 Å². The van der Waals surface area contributed by atoms with E-state index in [-0.39, 0.29) is 28.3 Å². The van der Waals surface area contributed by atoms with Gasteiger partial charge in [-0.05, 0) is 133 Å². The van der Waals surface area contributed by atoms with E-state index in [9.17, 15) is 23.6 Å². The number of benzene rings is 4. The summed E-state index contributed by atoms with van der Waals surface area (Å²) in [4.78, 5) is 36.9. The summed E-state index contributed by atoms with van der Waals surface area (Å²) < 4.78 is 55.0. The molecule has 91 heavy (non-hydrogen) atoms. The van der Waals surface area contributed by atoms with Gasteiger partial charge in [0.05, 0.1) is 94.4 Å². The number of aryl methyl sites for hydroxylation is 3. The Labute approximate surface area is 554 Å². The molecule has 502 valence electrons. The molecular formula is C69H99Cl2F2N9O8S. The number of hydrogen-bond donors (Lipinski definition) is 4. The Kier molecular flexibility index (Phi) is 42.4. The van der Waals surface area contributed by atoms with E-state index < -0.39 is 23.7 Å². The molecule has 0 bridgehead atoms. The first kappa shape index (κ1) is 82.7. The molecule has 0 aliphatic carbocycles. The highest BCUT2D eigenvalue weighted by Crippen LogP contribution is 2.42. The van der Waals surface area contributed by atoms with E-state index in [1.165, 1.54) is 41.1 Å². The molecule has 0 radical (unpaired) electrons. The Morgan fingerprint density at radius 1 is 0.780 bits per heavy atom. The topological polar surface area (TPSA) is 212 Å². The molecule has 2 aromatic heterocycles. The van der Waals surface area contributed by atoms with Crippen molar-refractivity contribution >= 4 is 64.8 Å². The molecule has 8 rings (SSSR count). The zero-order valence-electron chi connectivity index (χ0n) is 56.4. The summed E-state index contributed by atoms with van der Waals surface area (Å²) >= 11 is 13.7. The number of carbonyl (C=O) groups is 3. The molecule has 2 aliphatic heterocycles. The van der Waals surface area contributed by atoms with E-state index in [0.717, 1.165) is 95.8 Å². The standard InChI is InChI=1S/C18H17ClN4S.C17H20ClFN2O.C12H28N2O4.C9H11NO2.C7H7F.C2H4O.2C2H6/c1-9-11(3)24-18-15(9)16(13-5-7-14(19)8-6-13)20-10(2)17-22-21-12(4)23(17)18;1-17(2,3)7-13-11(8-20)15(14(9-22)21-13)10-5-4-6-12(18)16(10)19;1-13-3-5-15-7-9-17-11-12-18-10-8-16-6-4-14-2;1-10-8-4-3-7(6-11)5-9(8)12-2;1-6-3-2-4-7(8)5-6;1-2-3;2*1-2/h5-8,10H,1-4H3;4-6,9,11,13-15,21H,7H2,1-3H3;13-14H,3-12H2,1-2H3;3-6,10H,1-2H3;2-5H,1H3;2H,1H3;2*1-2H3/t10-;11?,13?,14-,15?;;;;;;/m00....../s1. The Bertz CT molecular complexity index is 3070. The molecule has 0 spiro atoms. The molecule has 3 unspecified atom stereocenters. The normalized spacial score (nSPS) is 15.6. The van der Waals surface area contributed by atoms with Gasteiger partial charge in [-0.25, -0.2) is 8.78 Å². The van der Waals surface area contributed by atoms with E-state index in [1.54, 1.807) is 55.8 Å². The fourth-order valence-corrected chi connectivity index (χ4v) is 10.5. The largest absolute Gasteiger partial charge is 0.495 e. The number of methoxy groups -OCH3 is 1. The van der Waals surface area contributed by atoms with Gasteiger partial charge in [-0.15, -0.1) is 21.5 Å². The number of thiophene rings is 1. The smallest absolute Gasteiger partial charge is 0.162 e. The summed E-state index contributed by atoms with van der Waals surface area (Å²) in [6.07, 6.45) is 3.04. The van der Waals surface area contributed by atoms with E-state index in [1.807, 2.05) is 92.0 Å². The number of aromatic nitrogens is 3. The number of carbonyl (C=O) groups excluding carboxylic acids is 3. The second-order valence-corrected chi connectivity index (χ2v) is 23.2. The van der Waals surface area contributed by atoms with E-state index in [0.29, 0.717) is 56.5 Å². The van der Waals surface area contributed by atoms with Crippen LogP contribution in [-0.2, 0) is 28.5 Å². The van der Waals surface area contributed by atoms with Crippen LogP contribution in [-0.4, -0.2) is 146 Å². The lowest BCUT2D eigenvalue weighted by Crippen LogP contribution is -2.35. The number of likely N-dealkylation sites (N-methyl/N-ethyl adjacent to an activating group) is 2. The van der Waals surface area contributed by atoms with Crippen molar-refractivity contribution in [1.82, 2.24) is 30.7 Å². The SMILES string of the molecule is CC.CC.CC(C)(C)CC1N[C@@H](C=O)C(c2cccc(Cl)c2F)C1C#N.CC=O.CNCCOCCOCCOCCOCCNC.CNc1ccc(C=O)cc1OC.Cc1cccc(F)c1.Cc1sc2c(c1C)C(c1ccc(Cl)cc1)=N[C@@H](C)c1nnc(C)n1-2. The molecule has 1 fully saturated rings. The number of hydrogen-bond acceptors (Lipinski definition) is 17. The van der Waals surface area contributed by atoms with Crippen LogP contribution in [0.25, 0.3) is 5.00 Å². The average molecular weight is 1320 g/mol. The molecule has 1 saturated heterocycles. The number of nitrogens with zero attached hydrogens (tertiary/aromatic N) is 5. The number of fused-ring (bicyclic) bond motifs is 3. The van der Waals surface area contributed by atoms with Gasteiger partial charge >= 0.3 is 0 Å². The molecule has 17 nitrogen and oxygen atoms in total. The lowest BCUT2D eigenvalue weighted by atomic mass is 9.78. The van der Waals surface area contributed by atoms with E-state index >= 15 is 0 Å². The summed E-state index contributed by atoms with van der Waals surface area (Å²) in [5.74, 6) is 0.772. The quantitative estimate of drug-likeness (QED) is 0.0368. The highest BCUT2D eigenvalue weighted by molar-refractivity contribution is 7.15. The van der Waals surface area contributed by atoms with Crippen molar-refractivity contribution in [2.75, 3.05) is 99.5 Å². The van der Waals surface area contributed by atoms with Crippen molar-refractivity contribution in [3.05, 3.63) is 157 Å². The monoisotopic (exact) mass is 1320 g/mol. The molecule has 2 aliphatic rings. The van der Waals surface area contributed by atoms with Crippen molar-refractivity contribution < 1.29 is 46.8 Å². The second kappa shape index (κ2) is 46.7. The third kappa shape index (κ3) is 28.6. The van der Waals surface area contributed by atoms with Gasteiger partial charge in [0, 0.05) is 58.7 Å². The Morgan fingerprint density at radius 2 is 1.34 bits per heavy atom. The van der Waals surface area contributed by atoms with Crippen molar-refractivity contribution in [3.8, 4) is 16.8 Å². The molecule has 6 aromatic rings. The minimum atomic E-state index is -0.579. The Balaban J connectivity index is 0.000000575.